The van der Waals surface area contributed by atoms with Crippen LogP contribution in [0.15, 0.2) is 33.7 Å². The van der Waals surface area contributed by atoms with Crippen LogP contribution >= 0.6 is 23.4 Å². The zero-order valence-electron chi connectivity index (χ0n) is 12.3. The van der Waals surface area contributed by atoms with Gasteiger partial charge in [0.05, 0.1) is 5.75 Å². The summed E-state index contributed by atoms with van der Waals surface area (Å²) in [6.07, 6.45) is 1.59. The van der Waals surface area contributed by atoms with Crippen molar-refractivity contribution in [2.24, 2.45) is 11.7 Å². The molecule has 0 aliphatic carbocycles. The number of aromatic nitrogens is 2. The highest BCUT2D eigenvalue weighted by Gasteiger charge is 2.12. The van der Waals surface area contributed by atoms with Crippen LogP contribution in [0.1, 0.15) is 32.0 Å². The standard InChI is InChI=1S/C15H20ClN3OS/c1-10(2)6-12(17)8-15-18-14(19-20-15)9-21-13-5-3-4-11(16)7-13/h3-5,7,10,12H,6,8-9,17H2,1-2H3. The van der Waals surface area contributed by atoms with Gasteiger partial charge >= 0.3 is 0 Å². The minimum absolute atomic E-state index is 0.0684. The summed E-state index contributed by atoms with van der Waals surface area (Å²) in [5.74, 6) is 2.53. The van der Waals surface area contributed by atoms with E-state index in [2.05, 4.69) is 24.0 Å². The molecule has 4 nitrogen and oxygen atoms in total. The van der Waals surface area contributed by atoms with Gasteiger partial charge in [0.2, 0.25) is 5.89 Å². The van der Waals surface area contributed by atoms with Gasteiger partial charge in [-0.3, -0.25) is 0 Å². The van der Waals surface area contributed by atoms with Crippen molar-refractivity contribution in [1.29, 1.82) is 0 Å². The van der Waals surface area contributed by atoms with Crippen LogP contribution in [0.3, 0.4) is 0 Å². The second kappa shape index (κ2) is 7.82. The molecule has 6 heteroatoms. The van der Waals surface area contributed by atoms with Crippen molar-refractivity contribution in [2.45, 2.75) is 43.4 Å². The monoisotopic (exact) mass is 325 g/mol. The summed E-state index contributed by atoms with van der Waals surface area (Å²) in [4.78, 5) is 5.47. The molecule has 1 heterocycles. The third-order valence-corrected chi connectivity index (χ3v) is 4.11. The van der Waals surface area contributed by atoms with Crippen LogP contribution in [0.2, 0.25) is 5.02 Å². The predicted molar refractivity (Wildman–Crippen MR) is 86.4 cm³/mol. The van der Waals surface area contributed by atoms with Crippen molar-refractivity contribution in [3.63, 3.8) is 0 Å². The van der Waals surface area contributed by atoms with Gasteiger partial charge in [-0.2, -0.15) is 4.98 Å². The molecule has 1 aromatic heterocycles. The minimum atomic E-state index is 0.0684. The molecule has 0 amide bonds. The molecule has 0 fully saturated rings. The first-order chi connectivity index (χ1) is 10.0. The van der Waals surface area contributed by atoms with Gasteiger partial charge in [-0.1, -0.05) is 36.7 Å². The normalized spacial score (nSPS) is 12.8. The maximum absolute atomic E-state index is 6.05. The molecule has 1 unspecified atom stereocenters. The first-order valence-corrected chi connectivity index (χ1v) is 8.34. The Balaban J connectivity index is 1.85. The lowest BCUT2D eigenvalue weighted by Crippen LogP contribution is -2.24. The molecule has 0 spiro atoms. The average molecular weight is 326 g/mol. The van der Waals surface area contributed by atoms with Crippen LogP contribution in [0.4, 0.5) is 0 Å². The fraction of sp³-hybridized carbons (Fsp3) is 0.467. The van der Waals surface area contributed by atoms with Crippen molar-refractivity contribution < 1.29 is 4.52 Å². The molecule has 0 saturated carbocycles. The molecule has 0 saturated heterocycles. The van der Waals surface area contributed by atoms with E-state index in [-0.39, 0.29) is 6.04 Å². The Kier molecular flexibility index (Phi) is 6.08. The largest absolute Gasteiger partial charge is 0.339 e. The molecule has 2 rings (SSSR count). The van der Waals surface area contributed by atoms with E-state index < -0.39 is 0 Å². The number of rotatable bonds is 7. The lowest BCUT2D eigenvalue weighted by atomic mass is 10.0. The molecule has 0 bridgehead atoms. The van der Waals surface area contributed by atoms with Crippen molar-refractivity contribution in [3.05, 3.63) is 41.0 Å². The maximum Gasteiger partial charge on any atom is 0.228 e. The molecule has 0 aliphatic heterocycles. The summed E-state index contributed by atoms with van der Waals surface area (Å²) >= 11 is 7.58. The van der Waals surface area contributed by atoms with E-state index in [0.29, 0.717) is 29.8 Å². The van der Waals surface area contributed by atoms with E-state index in [1.54, 1.807) is 11.8 Å². The summed E-state index contributed by atoms with van der Waals surface area (Å²) in [5, 5.41) is 4.72. The zero-order valence-corrected chi connectivity index (χ0v) is 13.8. The molecule has 1 atom stereocenters. The van der Waals surface area contributed by atoms with E-state index in [9.17, 15) is 0 Å². The molecule has 114 valence electrons. The van der Waals surface area contributed by atoms with Crippen LogP contribution < -0.4 is 5.73 Å². The van der Waals surface area contributed by atoms with E-state index in [4.69, 9.17) is 21.9 Å². The van der Waals surface area contributed by atoms with Crippen molar-refractivity contribution in [3.8, 4) is 0 Å². The quantitative estimate of drug-likeness (QED) is 0.781. The number of nitrogens with two attached hydrogens (primary N) is 1. The van der Waals surface area contributed by atoms with E-state index in [1.165, 1.54) is 0 Å². The third kappa shape index (κ3) is 5.69. The van der Waals surface area contributed by atoms with Gasteiger partial charge in [-0.15, -0.1) is 11.8 Å². The van der Waals surface area contributed by atoms with Crippen LogP contribution in [-0.4, -0.2) is 16.2 Å². The zero-order chi connectivity index (χ0) is 15.2. The Bertz CT molecular complexity index is 574. The average Bonchev–Trinajstić information content (AvgIpc) is 2.83. The number of benzene rings is 1. The summed E-state index contributed by atoms with van der Waals surface area (Å²) in [7, 11) is 0. The number of halogens is 1. The van der Waals surface area contributed by atoms with Gasteiger partial charge in [-0.25, -0.2) is 0 Å². The molecular weight excluding hydrogens is 306 g/mol. The molecular formula is C15H20ClN3OS. The Morgan fingerprint density at radius 3 is 2.90 bits per heavy atom. The van der Waals surface area contributed by atoms with E-state index in [0.717, 1.165) is 16.3 Å². The van der Waals surface area contributed by atoms with Crippen molar-refractivity contribution >= 4 is 23.4 Å². The summed E-state index contributed by atoms with van der Waals surface area (Å²) in [6.45, 7) is 4.31. The van der Waals surface area contributed by atoms with Crippen LogP contribution in [0, 0.1) is 5.92 Å². The van der Waals surface area contributed by atoms with Crippen LogP contribution in [0.5, 0.6) is 0 Å². The van der Waals surface area contributed by atoms with Gasteiger partial charge in [-0.05, 0) is 30.5 Å². The molecule has 0 aliphatic rings. The fourth-order valence-corrected chi connectivity index (χ4v) is 3.10. The third-order valence-electron chi connectivity index (χ3n) is 2.89. The van der Waals surface area contributed by atoms with Crippen molar-refractivity contribution in [2.75, 3.05) is 0 Å². The summed E-state index contributed by atoms with van der Waals surface area (Å²) in [5.41, 5.74) is 6.05. The molecule has 2 aromatic rings. The van der Waals surface area contributed by atoms with Crippen molar-refractivity contribution in [1.82, 2.24) is 10.1 Å². The first kappa shape index (κ1) is 16.3. The van der Waals surface area contributed by atoms with E-state index in [1.807, 2.05) is 24.3 Å². The lowest BCUT2D eigenvalue weighted by molar-refractivity contribution is 0.356. The fourth-order valence-electron chi connectivity index (χ4n) is 2.05. The number of hydrogen-bond donors (Lipinski definition) is 1. The maximum atomic E-state index is 6.05. The second-order valence-corrected chi connectivity index (χ2v) is 6.93. The van der Waals surface area contributed by atoms with Gasteiger partial charge in [0.25, 0.3) is 0 Å². The minimum Gasteiger partial charge on any atom is -0.339 e. The Labute approximate surface area is 134 Å². The highest BCUT2D eigenvalue weighted by Crippen LogP contribution is 2.24. The second-order valence-electron chi connectivity index (χ2n) is 5.44. The predicted octanol–water partition coefficient (Wildman–Crippen LogP) is 3.93. The SMILES string of the molecule is CC(C)CC(N)Cc1nc(CSc2cccc(Cl)c2)no1. The van der Waals surface area contributed by atoms with Crippen LogP contribution in [-0.2, 0) is 12.2 Å². The molecule has 2 N–H and O–H groups in total. The Morgan fingerprint density at radius 2 is 2.19 bits per heavy atom. The number of thioether (sulfide) groups is 1. The van der Waals surface area contributed by atoms with Gasteiger partial charge in [0.1, 0.15) is 0 Å². The van der Waals surface area contributed by atoms with Gasteiger partial charge in [0.15, 0.2) is 5.82 Å². The molecule has 1 aromatic carbocycles. The van der Waals surface area contributed by atoms with Gasteiger partial charge < -0.3 is 10.3 Å². The smallest absolute Gasteiger partial charge is 0.228 e. The summed E-state index contributed by atoms with van der Waals surface area (Å²) < 4.78 is 5.25. The first-order valence-electron chi connectivity index (χ1n) is 6.98. The number of hydrogen-bond acceptors (Lipinski definition) is 5. The Hall–Kier alpha value is -1.04. The topological polar surface area (TPSA) is 64.9 Å². The lowest BCUT2D eigenvalue weighted by Gasteiger charge is -2.10. The molecule has 21 heavy (non-hydrogen) atoms. The molecule has 0 radical (unpaired) electrons. The van der Waals surface area contributed by atoms with Crippen LogP contribution in [0.25, 0.3) is 0 Å². The summed E-state index contributed by atoms with van der Waals surface area (Å²) in [6, 6.07) is 7.78. The van der Waals surface area contributed by atoms with E-state index >= 15 is 0 Å². The Morgan fingerprint density at radius 1 is 1.38 bits per heavy atom. The van der Waals surface area contributed by atoms with Gasteiger partial charge in [0, 0.05) is 22.4 Å². The highest BCUT2D eigenvalue weighted by molar-refractivity contribution is 7.98. The highest BCUT2D eigenvalue weighted by atomic mass is 35.5. The number of nitrogens with zero attached hydrogens (tertiary/aromatic N) is 2.